The Labute approximate surface area is 145 Å². The van der Waals surface area contributed by atoms with Crippen molar-refractivity contribution in [1.29, 1.82) is 0 Å². The van der Waals surface area contributed by atoms with E-state index in [1.54, 1.807) is 31.4 Å². The van der Waals surface area contributed by atoms with Crippen molar-refractivity contribution in [2.75, 3.05) is 12.9 Å². The molecular weight excluding hydrogens is 324 g/mol. The number of thioether (sulfide) groups is 1. The van der Waals surface area contributed by atoms with Crippen molar-refractivity contribution < 1.29 is 19.4 Å². The summed E-state index contributed by atoms with van der Waals surface area (Å²) in [6, 6.07) is 14.8. The maximum absolute atomic E-state index is 12.3. The van der Waals surface area contributed by atoms with Crippen LogP contribution >= 0.6 is 11.8 Å². The van der Waals surface area contributed by atoms with Crippen LogP contribution in [0.3, 0.4) is 0 Å². The molecule has 0 radical (unpaired) electrons. The summed E-state index contributed by atoms with van der Waals surface area (Å²) in [5.41, 5.74) is 2.31. The van der Waals surface area contributed by atoms with Gasteiger partial charge in [0.2, 0.25) is 0 Å². The third-order valence-electron chi connectivity index (χ3n) is 3.27. The molecule has 0 atom stereocenters. The number of methoxy groups -OCH3 is 1. The second-order valence-corrected chi connectivity index (χ2v) is 6.01. The fraction of sp³-hybridized carbons (Fsp3) is 0.158. The largest absolute Gasteiger partial charge is 0.496 e. The first kappa shape index (κ1) is 17.8. The number of ketones is 1. The van der Waals surface area contributed by atoms with E-state index in [2.05, 4.69) is 0 Å². The standard InChI is InChI=1S/C19H18O4S/c1-23-18-10-8-15(11-16(18)12-24-13-19(21)22)17(20)9-7-14-5-3-2-4-6-14/h2-11H,12-13H2,1H3,(H,21,22). The second kappa shape index (κ2) is 8.93. The zero-order valence-corrected chi connectivity index (χ0v) is 14.1. The van der Waals surface area contributed by atoms with Crippen LogP contribution in [-0.4, -0.2) is 29.7 Å². The van der Waals surface area contributed by atoms with Crippen molar-refractivity contribution in [3.63, 3.8) is 0 Å². The molecule has 1 N–H and O–H groups in total. The van der Waals surface area contributed by atoms with Gasteiger partial charge in [0.05, 0.1) is 12.9 Å². The molecule has 2 aromatic carbocycles. The highest BCUT2D eigenvalue weighted by Gasteiger charge is 2.09. The number of ether oxygens (including phenoxy) is 1. The molecule has 2 aromatic rings. The SMILES string of the molecule is COc1ccc(C(=O)C=Cc2ccccc2)cc1CSCC(=O)O. The number of benzene rings is 2. The van der Waals surface area contributed by atoms with Crippen molar-refractivity contribution in [1.82, 2.24) is 0 Å². The van der Waals surface area contributed by atoms with Crippen LogP contribution in [0.2, 0.25) is 0 Å². The summed E-state index contributed by atoms with van der Waals surface area (Å²) in [6.07, 6.45) is 3.30. The highest BCUT2D eigenvalue weighted by atomic mass is 32.2. The number of hydrogen-bond acceptors (Lipinski definition) is 4. The van der Waals surface area contributed by atoms with Gasteiger partial charge in [0.1, 0.15) is 5.75 Å². The Balaban J connectivity index is 2.13. The third kappa shape index (κ3) is 5.28. The smallest absolute Gasteiger partial charge is 0.313 e. The van der Waals surface area contributed by atoms with Crippen LogP contribution in [0.25, 0.3) is 6.08 Å². The van der Waals surface area contributed by atoms with Gasteiger partial charge in [0.15, 0.2) is 5.78 Å². The molecule has 0 heterocycles. The van der Waals surface area contributed by atoms with Crippen molar-refractivity contribution in [2.45, 2.75) is 5.75 Å². The molecule has 0 fully saturated rings. The first-order valence-corrected chi connectivity index (χ1v) is 8.49. The predicted octanol–water partition coefficient (Wildman–Crippen LogP) is 3.91. The van der Waals surface area contributed by atoms with Crippen LogP contribution in [0.5, 0.6) is 5.75 Å². The zero-order valence-electron chi connectivity index (χ0n) is 13.3. The van der Waals surface area contributed by atoms with Gasteiger partial charge in [-0.05, 0) is 29.8 Å². The fourth-order valence-electron chi connectivity index (χ4n) is 2.13. The highest BCUT2D eigenvalue weighted by Crippen LogP contribution is 2.25. The summed E-state index contributed by atoms with van der Waals surface area (Å²) in [6.45, 7) is 0. The lowest BCUT2D eigenvalue weighted by Crippen LogP contribution is -2.01. The first-order chi connectivity index (χ1) is 11.6. The molecule has 0 aliphatic rings. The topological polar surface area (TPSA) is 63.6 Å². The molecule has 5 heteroatoms. The minimum absolute atomic E-state index is 0.00916. The molecule has 4 nitrogen and oxygen atoms in total. The molecule has 0 saturated carbocycles. The Kier molecular flexibility index (Phi) is 6.63. The Morgan fingerprint density at radius 1 is 1.17 bits per heavy atom. The maximum atomic E-state index is 12.3. The Hall–Kier alpha value is -2.53. The number of carboxylic acids is 1. The molecule has 0 amide bonds. The van der Waals surface area contributed by atoms with Gasteiger partial charge in [-0.15, -0.1) is 11.8 Å². The van der Waals surface area contributed by atoms with E-state index in [0.29, 0.717) is 17.1 Å². The van der Waals surface area contributed by atoms with E-state index in [9.17, 15) is 9.59 Å². The van der Waals surface area contributed by atoms with Gasteiger partial charge in [0.25, 0.3) is 0 Å². The van der Waals surface area contributed by atoms with Gasteiger partial charge in [-0.2, -0.15) is 0 Å². The van der Waals surface area contributed by atoms with Gasteiger partial charge in [-0.3, -0.25) is 9.59 Å². The molecular formula is C19H18O4S. The van der Waals surface area contributed by atoms with E-state index in [0.717, 1.165) is 11.1 Å². The molecule has 124 valence electrons. The minimum Gasteiger partial charge on any atom is -0.496 e. The van der Waals surface area contributed by atoms with E-state index in [-0.39, 0.29) is 11.5 Å². The fourth-order valence-corrected chi connectivity index (χ4v) is 2.85. The lowest BCUT2D eigenvalue weighted by Gasteiger charge is -2.09. The molecule has 0 aliphatic heterocycles. The number of aliphatic carboxylic acids is 1. The third-order valence-corrected chi connectivity index (χ3v) is 4.24. The molecule has 0 spiro atoms. The molecule has 0 aliphatic carbocycles. The van der Waals surface area contributed by atoms with Crippen LogP contribution in [0.15, 0.2) is 54.6 Å². The van der Waals surface area contributed by atoms with Gasteiger partial charge >= 0.3 is 5.97 Å². The monoisotopic (exact) mass is 342 g/mol. The normalized spacial score (nSPS) is 10.7. The summed E-state index contributed by atoms with van der Waals surface area (Å²) in [4.78, 5) is 22.9. The van der Waals surface area contributed by atoms with Crippen LogP contribution in [0.4, 0.5) is 0 Å². The van der Waals surface area contributed by atoms with Crippen LogP contribution in [-0.2, 0) is 10.5 Å². The highest BCUT2D eigenvalue weighted by molar-refractivity contribution is 7.99. The first-order valence-electron chi connectivity index (χ1n) is 7.34. The molecule has 2 rings (SSSR count). The number of allylic oxidation sites excluding steroid dienone is 1. The lowest BCUT2D eigenvalue weighted by atomic mass is 10.1. The van der Waals surface area contributed by atoms with Crippen LogP contribution in [0, 0.1) is 0 Å². The summed E-state index contributed by atoms with van der Waals surface area (Å²) in [5.74, 6) is 0.160. The van der Waals surface area contributed by atoms with Crippen molar-refractivity contribution in [3.05, 3.63) is 71.3 Å². The van der Waals surface area contributed by atoms with Crippen molar-refractivity contribution >= 4 is 29.6 Å². The number of rotatable bonds is 8. The molecule has 24 heavy (non-hydrogen) atoms. The van der Waals surface area contributed by atoms with Crippen LogP contribution in [0.1, 0.15) is 21.5 Å². The maximum Gasteiger partial charge on any atom is 0.313 e. The van der Waals surface area contributed by atoms with E-state index in [1.165, 1.54) is 17.8 Å². The minimum atomic E-state index is -0.864. The number of carbonyl (C=O) groups is 2. The number of carboxylic acid groups (broad SMARTS) is 1. The Morgan fingerprint density at radius 3 is 2.58 bits per heavy atom. The van der Waals surface area contributed by atoms with Gasteiger partial charge in [0, 0.05) is 16.9 Å². The van der Waals surface area contributed by atoms with Gasteiger partial charge < -0.3 is 9.84 Å². The molecule has 0 aromatic heterocycles. The Morgan fingerprint density at radius 2 is 1.92 bits per heavy atom. The summed E-state index contributed by atoms with van der Waals surface area (Å²) in [5, 5.41) is 8.72. The average molecular weight is 342 g/mol. The van der Waals surface area contributed by atoms with E-state index >= 15 is 0 Å². The second-order valence-electron chi connectivity index (χ2n) is 5.02. The molecule has 0 bridgehead atoms. The van der Waals surface area contributed by atoms with Crippen LogP contribution < -0.4 is 4.74 Å². The summed E-state index contributed by atoms with van der Waals surface area (Å²) in [7, 11) is 1.55. The van der Waals surface area contributed by atoms with Gasteiger partial charge in [-0.25, -0.2) is 0 Å². The van der Waals surface area contributed by atoms with E-state index < -0.39 is 5.97 Å². The quantitative estimate of drug-likeness (QED) is 0.582. The van der Waals surface area contributed by atoms with Crippen molar-refractivity contribution in [3.8, 4) is 5.75 Å². The number of carbonyl (C=O) groups excluding carboxylic acids is 1. The van der Waals surface area contributed by atoms with E-state index in [4.69, 9.17) is 9.84 Å². The molecule has 0 unspecified atom stereocenters. The average Bonchev–Trinajstić information content (AvgIpc) is 2.60. The van der Waals surface area contributed by atoms with Crippen molar-refractivity contribution in [2.24, 2.45) is 0 Å². The van der Waals surface area contributed by atoms with E-state index in [1.807, 2.05) is 30.3 Å². The predicted molar refractivity (Wildman–Crippen MR) is 96.6 cm³/mol. The summed E-state index contributed by atoms with van der Waals surface area (Å²) >= 11 is 1.27. The molecule has 0 saturated heterocycles. The summed E-state index contributed by atoms with van der Waals surface area (Å²) < 4.78 is 5.28. The zero-order chi connectivity index (χ0) is 17.4. The Bertz CT molecular complexity index is 738. The van der Waals surface area contributed by atoms with Gasteiger partial charge in [-0.1, -0.05) is 36.4 Å². The lowest BCUT2D eigenvalue weighted by molar-refractivity contribution is -0.133. The number of hydrogen-bond donors (Lipinski definition) is 1.